The normalized spacial score (nSPS) is 10.6. The molecule has 0 heterocycles. The van der Waals surface area contributed by atoms with Crippen LogP contribution in [0, 0.1) is 0 Å². The fourth-order valence-corrected chi connectivity index (χ4v) is 3.32. The number of hydrogen-bond acceptors (Lipinski definition) is 3. The number of carbonyl (C=O) groups is 2. The summed E-state index contributed by atoms with van der Waals surface area (Å²) in [5.74, 6) is 0.705. The van der Waals surface area contributed by atoms with E-state index in [9.17, 15) is 9.59 Å². The fraction of sp³-hybridized carbons (Fsp3) is 0.250. The van der Waals surface area contributed by atoms with Gasteiger partial charge >= 0.3 is 0 Å². The van der Waals surface area contributed by atoms with E-state index in [-0.39, 0.29) is 11.8 Å². The van der Waals surface area contributed by atoms with Crippen LogP contribution in [0.2, 0.25) is 5.02 Å². The van der Waals surface area contributed by atoms with Gasteiger partial charge in [0.05, 0.1) is 7.11 Å². The number of carbonyl (C=O) groups excluding carboxylic acids is 2. The Morgan fingerprint density at radius 2 is 1.70 bits per heavy atom. The monoisotopic (exact) mass is 424 g/mol. The number of hydrogen-bond donors (Lipinski definition) is 1. The Morgan fingerprint density at radius 1 is 1.00 bits per heavy atom. The summed E-state index contributed by atoms with van der Waals surface area (Å²) in [7, 11) is 3.45. The van der Waals surface area contributed by atoms with Gasteiger partial charge in [-0.1, -0.05) is 29.8 Å². The molecule has 0 radical (unpaired) electrons. The lowest BCUT2D eigenvalue weighted by Gasteiger charge is -2.18. The number of benzene rings is 3. The Balaban J connectivity index is 1.45. The maximum atomic E-state index is 12.4. The molecule has 0 unspecified atom stereocenters. The summed E-state index contributed by atoms with van der Waals surface area (Å²) < 4.78 is 5.26. The molecule has 0 bridgehead atoms. The van der Waals surface area contributed by atoms with E-state index in [1.54, 1.807) is 43.3 Å². The molecule has 1 N–H and O–H groups in total. The SMILES string of the molecule is COc1ccc2cc(CN(C)C(=O)CCCNC(=O)c3ccc(Cl)cc3)ccc2c1. The molecule has 3 aromatic carbocycles. The number of fused-ring (bicyclic) bond motifs is 1. The van der Waals surface area contributed by atoms with E-state index in [0.717, 1.165) is 22.1 Å². The molecule has 6 heteroatoms. The van der Waals surface area contributed by atoms with E-state index in [1.165, 1.54) is 0 Å². The lowest BCUT2D eigenvalue weighted by atomic mass is 10.1. The fourth-order valence-electron chi connectivity index (χ4n) is 3.20. The van der Waals surface area contributed by atoms with Gasteiger partial charge in [0.15, 0.2) is 0 Å². The third-order valence-electron chi connectivity index (χ3n) is 4.92. The minimum absolute atomic E-state index is 0.0468. The van der Waals surface area contributed by atoms with Crippen molar-refractivity contribution in [3.8, 4) is 5.75 Å². The number of ether oxygens (including phenoxy) is 1. The van der Waals surface area contributed by atoms with Crippen LogP contribution in [-0.2, 0) is 11.3 Å². The number of methoxy groups -OCH3 is 1. The van der Waals surface area contributed by atoms with Crippen molar-refractivity contribution in [3.05, 3.63) is 76.8 Å². The number of halogens is 1. The van der Waals surface area contributed by atoms with Crippen molar-refractivity contribution in [1.29, 1.82) is 0 Å². The summed E-state index contributed by atoms with van der Waals surface area (Å²) in [6.07, 6.45) is 0.961. The van der Waals surface area contributed by atoms with Crippen LogP contribution in [0.4, 0.5) is 0 Å². The molecule has 156 valence electrons. The third-order valence-corrected chi connectivity index (χ3v) is 5.17. The molecule has 3 aromatic rings. The van der Waals surface area contributed by atoms with E-state index < -0.39 is 0 Å². The van der Waals surface area contributed by atoms with Crippen LogP contribution >= 0.6 is 11.6 Å². The van der Waals surface area contributed by atoms with Gasteiger partial charge in [-0.3, -0.25) is 9.59 Å². The zero-order chi connectivity index (χ0) is 21.5. The Kier molecular flexibility index (Phi) is 7.31. The van der Waals surface area contributed by atoms with Gasteiger partial charge in [-0.05, 0) is 65.2 Å². The summed E-state index contributed by atoms with van der Waals surface area (Å²) in [6, 6.07) is 18.8. The number of amides is 2. The largest absolute Gasteiger partial charge is 0.497 e. The van der Waals surface area contributed by atoms with Crippen molar-refractivity contribution >= 4 is 34.2 Å². The summed E-state index contributed by atoms with van der Waals surface area (Å²) >= 11 is 5.83. The predicted octanol–water partition coefficient (Wildman–Crippen LogP) is 4.67. The molecule has 0 saturated heterocycles. The summed E-state index contributed by atoms with van der Waals surface area (Å²) in [5.41, 5.74) is 1.62. The van der Waals surface area contributed by atoms with Crippen molar-refractivity contribution in [2.45, 2.75) is 19.4 Å². The van der Waals surface area contributed by atoms with E-state index in [0.29, 0.717) is 36.5 Å². The number of nitrogens with one attached hydrogen (secondary N) is 1. The van der Waals surface area contributed by atoms with Crippen LogP contribution in [0.3, 0.4) is 0 Å². The number of nitrogens with zero attached hydrogens (tertiary/aromatic N) is 1. The van der Waals surface area contributed by atoms with Crippen LogP contribution in [0.25, 0.3) is 10.8 Å². The van der Waals surface area contributed by atoms with Gasteiger partial charge in [0.1, 0.15) is 5.75 Å². The van der Waals surface area contributed by atoms with Crippen LogP contribution in [-0.4, -0.2) is 37.4 Å². The van der Waals surface area contributed by atoms with Crippen LogP contribution in [0.15, 0.2) is 60.7 Å². The first kappa shape index (κ1) is 21.7. The van der Waals surface area contributed by atoms with Gasteiger partial charge < -0.3 is 15.0 Å². The highest BCUT2D eigenvalue weighted by Crippen LogP contribution is 2.22. The highest BCUT2D eigenvalue weighted by Gasteiger charge is 2.11. The van der Waals surface area contributed by atoms with E-state index in [2.05, 4.69) is 11.4 Å². The second kappa shape index (κ2) is 10.1. The van der Waals surface area contributed by atoms with Gasteiger partial charge in [0, 0.05) is 37.1 Å². The minimum atomic E-state index is -0.166. The second-order valence-electron chi connectivity index (χ2n) is 7.16. The second-order valence-corrected chi connectivity index (χ2v) is 7.60. The van der Waals surface area contributed by atoms with Gasteiger partial charge in [-0.15, -0.1) is 0 Å². The van der Waals surface area contributed by atoms with Gasteiger partial charge in [0.2, 0.25) is 5.91 Å². The van der Waals surface area contributed by atoms with E-state index >= 15 is 0 Å². The Hall–Kier alpha value is -3.05. The van der Waals surface area contributed by atoms with Gasteiger partial charge in [-0.25, -0.2) is 0 Å². The molecule has 0 fully saturated rings. The molecule has 30 heavy (non-hydrogen) atoms. The van der Waals surface area contributed by atoms with Crippen LogP contribution in [0.5, 0.6) is 5.75 Å². The molecule has 0 aromatic heterocycles. The summed E-state index contributed by atoms with van der Waals surface area (Å²) in [4.78, 5) is 26.2. The smallest absolute Gasteiger partial charge is 0.251 e. The first-order chi connectivity index (χ1) is 14.5. The maximum Gasteiger partial charge on any atom is 0.251 e. The highest BCUT2D eigenvalue weighted by atomic mass is 35.5. The summed E-state index contributed by atoms with van der Waals surface area (Å²) in [6.45, 7) is 0.983. The van der Waals surface area contributed by atoms with Crippen molar-refractivity contribution in [3.63, 3.8) is 0 Å². The minimum Gasteiger partial charge on any atom is -0.497 e. The molecule has 0 saturated carbocycles. The van der Waals surface area contributed by atoms with Crippen molar-refractivity contribution in [2.75, 3.05) is 20.7 Å². The molecule has 0 atom stereocenters. The van der Waals surface area contributed by atoms with Crippen molar-refractivity contribution < 1.29 is 14.3 Å². The molecule has 5 nitrogen and oxygen atoms in total. The first-order valence-electron chi connectivity index (χ1n) is 9.80. The molecule has 0 aliphatic rings. The molecular formula is C24H25ClN2O3. The molecule has 0 aliphatic carbocycles. The Labute approximate surface area is 181 Å². The molecule has 3 rings (SSSR count). The average molecular weight is 425 g/mol. The average Bonchev–Trinajstić information content (AvgIpc) is 2.76. The van der Waals surface area contributed by atoms with Crippen LogP contribution in [0.1, 0.15) is 28.8 Å². The maximum absolute atomic E-state index is 12.4. The third kappa shape index (κ3) is 5.74. The zero-order valence-electron chi connectivity index (χ0n) is 17.2. The lowest BCUT2D eigenvalue weighted by Crippen LogP contribution is -2.28. The highest BCUT2D eigenvalue weighted by molar-refractivity contribution is 6.30. The van der Waals surface area contributed by atoms with E-state index in [1.807, 2.05) is 30.3 Å². The van der Waals surface area contributed by atoms with E-state index in [4.69, 9.17) is 16.3 Å². The quantitative estimate of drug-likeness (QED) is 0.534. The first-order valence-corrected chi connectivity index (χ1v) is 10.2. The van der Waals surface area contributed by atoms with Crippen LogP contribution < -0.4 is 10.1 Å². The molecular weight excluding hydrogens is 400 g/mol. The van der Waals surface area contributed by atoms with Gasteiger partial charge in [0.25, 0.3) is 5.91 Å². The lowest BCUT2D eigenvalue weighted by molar-refractivity contribution is -0.130. The Morgan fingerprint density at radius 3 is 2.43 bits per heavy atom. The predicted molar refractivity (Wildman–Crippen MR) is 120 cm³/mol. The summed E-state index contributed by atoms with van der Waals surface area (Å²) in [5, 5.41) is 5.63. The number of rotatable bonds is 8. The zero-order valence-corrected chi connectivity index (χ0v) is 17.9. The molecule has 2 amide bonds. The van der Waals surface area contributed by atoms with Gasteiger partial charge in [-0.2, -0.15) is 0 Å². The topological polar surface area (TPSA) is 58.6 Å². The molecule has 0 aliphatic heterocycles. The Bertz CT molecular complexity index is 1030. The molecule has 0 spiro atoms. The standard InChI is InChI=1S/C24H25ClN2O3/c1-27(16-17-5-6-20-15-22(30-2)12-9-19(20)14-17)23(28)4-3-13-26-24(29)18-7-10-21(25)11-8-18/h5-12,14-15H,3-4,13,16H2,1-2H3,(H,26,29). The van der Waals surface area contributed by atoms with Crippen molar-refractivity contribution in [2.24, 2.45) is 0 Å². The van der Waals surface area contributed by atoms with Crippen molar-refractivity contribution in [1.82, 2.24) is 10.2 Å².